The minimum atomic E-state index is -0.104. The molecule has 3 heterocycles. The third kappa shape index (κ3) is 4.03. The maximum absolute atomic E-state index is 13.2. The fraction of sp³-hybridized carbons (Fsp3) is 0.409. The van der Waals surface area contributed by atoms with E-state index in [1.807, 2.05) is 0 Å². The summed E-state index contributed by atoms with van der Waals surface area (Å²) in [6.07, 6.45) is 2.98. The molecule has 1 aliphatic rings. The van der Waals surface area contributed by atoms with Gasteiger partial charge < -0.3 is 19.1 Å². The molecular weight excluding hydrogens is 418 g/mol. The van der Waals surface area contributed by atoms with E-state index < -0.39 is 0 Å². The number of amides is 1. The molecule has 1 amide bonds. The average Bonchev–Trinajstić information content (AvgIpc) is 3.18. The van der Waals surface area contributed by atoms with Gasteiger partial charge >= 0.3 is 0 Å². The molecule has 0 radical (unpaired) electrons. The van der Waals surface area contributed by atoms with Crippen LogP contribution in [0.25, 0.3) is 10.2 Å². The SMILES string of the molecule is COCCCn1cnc2sc3c(c2c1=O)CCN(C(=O)c1ccc(OC)cc1OC)C3. The molecule has 0 saturated carbocycles. The Morgan fingerprint density at radius 2 is 2.06 bits per heavy atom. The van der Waals surface area contributed by atoms with Crippen LogP contribution in [0.3, 0.4) is 0 Å². The third-order valence-corrected chi connectivity index (χ3v) is 6.63. The second-order valence-corrected chi connectivity index (χ2v) is 8.40. The third-order valence-electron chi connectivity index (χ3n) is 5.50. The number of nitrogens with zero attached hydrogens (tertiary/aromatic N) is 3. The van der Waals surface area contributed by atoms with Crippen LogP contribution in [-0.2, 0) is 24.2 Å². The molecule has 9 heteroatoms. The Hall–Kier alpha value is -2.91. The van der Waals surface area contributed by atoms with Gasteiger partial charge in [0.15, 0.2) is 0 Å². The summed E-state index contributed by atoms with van der Waals surface area (Å²) in [5.74, 6) is 1.01. The van der Waals surface area contributed by atoms with Crippen molar-refractivity contribution in [2.75, 3.05) is 34.5 Å². The number of methoxy groups -OCH3 is 3. The molecule has 31 heavy (non-hydrogen) atoms. The molecule has 3 aromatic rings. The van der Waals surface area contributed by atoms with Gasteiger partial charge in [-0.2, -0.15) is 0 Å². The van der Waals surface area contributed by atoms with Crippen LogP contribution in [0.2, 0.25) is 0 Å². The van der Waals surface area contributed by atoms with Gasteiger partial charge in [-0.1, -0.05) is 0 Å². The van der Waals surface area contributed by atoms with Crippen molar-refractivity contribution >= 4 is 27.5 Å². The van der Waals surface area contributed by atoms with Crippen LogP contribution in [0.5, 0.6) is 11.5 Å². The van der Waals surface area contributed by atoms with E-state index in [9.17, 15) is 9.59 Å². The zero-order valence-electron chi connectivity index (χ0n) is 17.8. The number of carbonyl (C=O) groups is 1. The van der Waals surface area contributed by atoms with Gasteiger partial charge in [-0.15, -0.1) is 11.3 Å². The number of hydrogen-bond acceptors (Lipinski definition) is 7. The predicted octanol–water partition coefficient (Wildman–Crippen LogP) is 2.71. The standard InChI is InChI=1S/C22H25N3O5S/c1-28-10-4-8-25-13-23-20-19(22(25)27)16-7-9-24(12-18(16)31-20)21(26)15-6-5-14(29-2)11-17(15)30-3/h5-6,11,13H,4,7-10,12H2,1-3H3. The van der Waals surface area contributed by atoms with Crippen molar-refractivity contribution in [1.82, 2.24) is 14.5 Å². The fourth-order valence-electron chi connectivity index (χ4n) is 3.88. The Bertz CT molecular complexity index is 1170. The number of aryl methyl sites for hydroxylation is 1. The Balaban J connectivity index is 1.61. The molecule has 2 aromatic heterocycles. The lowest BCUT2D eigenvalue weighted by atomic mass is 10.0. The highest BCUT2D eigenvalue weighted by Crippen LogP contribution is 2.34. The van der Waals surface area contributed by atoms with Gasteiger partial charge in [0.25, 0.3) is 11.5 Å². The minimum Gasteiger partial charge on any atom is -0.497 e. The Morgan fingerprint density at radius 1 is 1.23 bits per heavy atom. The quantitative estimate of drug-likeness (QED) is 0.522. The van der Waals surface area contributed by atoms with Crippen LogP contribution in [-0.4, -0.2) is 54.8 Å². The van der Waals surface area contributed by atoms with Crippen molar-refractivity contribution in [3.05, 3.63) is 50.9 Å². The van der Waals surface area contributed by atoms with E-state index in [0.29, 0.717) is 55.1 Å². The van der Waals surface area contributed by atoms with Crippen molar-refractivity contribution in [2.45, 2.75) is 25.9 Å². The molecule has 0 N–H and O–H groups in total. The average molecular weight is 444 g/mol. The van der Waals surface area contributed by atoms with E-state index in [-0.39, 0.29) is 11.5 Å². The zero-order valence-corrected chi connectivity index (χ0v) is 18.7. The summed E-state index contributed by atoms with van der Waals surface area (Å²) in [7, 11) is 4.76. The molecule has 0 unspecified atom stereocenters. The molecule has 0 atom stereocenters. The Morgan fingerprint density at radius 3 is 2.81 bits per heavy atom. The second-order valence-electron chi connectivity index (χ2n) is 7.32. The monoisotopic (exact) mass is 443 g/mol. The molecule has 8 nitrogen and oxygen atoms in total. The van der Waals surface area contributed by atoms with Gasteiger partial charge in [0.2, 0.25) is 0 Å². The van der Waals surface area contributed by atoms with Crippen LogP contribution < -0.4 is 15.0 Å². The Labute approximate surface area is 184 Å². The summed E-state index contributed by atoms with van der Waals surface area (Å²) in [5.41, 5.74) is 1.49. The molecule has 4 rings (SSSR count). The summed E-state index contributed by atoms with van der Waals surface area (Å²) in [6, 6.07) is 5.18. The van der Waals surface area contributed by atoms with Crippen molar-refractivity contribution in [3.8, 4) is 11.5 Å². The molecule has 0 saturated heterocycles. The molecule has 1 aromatic carbocycles. The number of rotatable bonds is 7. The molecule has 0 fully saturated rings. The van der Waals surface area contributed by atoms with Crippen LogP contribution in [0.4, 0.5) is 0 Å². The van der Waals surface area contributed by atoms with E-state index >= 15 is 0 Å². The lowest BCUT2D eigenvalue weighted by Gasteiger charge is -2.27. The van der Waals surface area contributed by atoms with Crippen LogP contribution in [0.15, 0.2) is 29.3 Å². The molecule has 0 bridgehead atoms. The highest BCUT2D eigenvalue weighted by molar-refractivity contribution is 7.18. The lowest BCUT2D eigenvalue weighted by molar-refractivity contribution is 0.0734. The maximum Gasteiger partial charge on any atom is 0.262 e. The van der Waals surface area contributed by atoms with Crippen molar-refractivity contribution in [2.24, 2.45) is 0 Å². The Kier molecular flexibility index (Phi) is 6.24. The van der Waals surface area contributed by atoms with E-state index in [0.717, 1.165) is 21.7 Å². The van der Waals surface area contributed by atoms with Crippen LogP contribution in [0.1, 0.15) is 27.2 Å². The summed E-state index contributed by atoms with van der Waals surface area (Å²) >= 11 is 1.49. The second kappa shape index (κ2) is 9.07. The largest absolute Gasteiger partial charge is 0.497 e. The first kappa shape index (κ1) is 21.3. The number of fused-ring (bicyclic) bond motifs is 3. The van der Waals surface area contributed by atoms with Crippen molar-refractivity contribution < 1.29 is 19.0 Å². The van der Waals surface area contributed by atoms with E-state index in [2.05, 4.69) is 4.98 Å². The molecule has 0 aliphatic carbocycles. The van der Waals surface area contributed by atoms with Crippen LogP contribution in [0, 0.1) is 0 Å². The smallest absolute Gasteiger partial charge is 0.262 e. The molecular formula is C22H25N3O5S. The van der Waals surface area contributed by atoms with Gasteiger partial charge in [0, 0.05) is 37.7 Å². The number of carbonyl (C=O) groups excluding carboxylic acids is 1. The number of benzene rings is 1. The topological polar surface area (TPSA) is 82.9 Å². The summed E-state index contributed by atoms with van der Waals surface area (Å²) in [5, 5.41) is 0.689. The number of aromatic nitrogens is 2. The van der Waals surface area contributed by atoms with Crippen molar-refractivity contribution in [3.63, 3.8) is 0 Å². The van der Waals surface area contributed by atoms with E-state index in [1.165, 1.54) is 18.4 Å². The predicted molar refractivity (Wildman–Crippen MR) is 118 cm³/mol. The van der Waals surface area contributed by atoms with Gasteiger partial charge in [-0.05, 0) is 30.5 Å². The van der Waals surface area contributed by atoms with Gasteiger partial charge in [0.05, 0.1) is 38.0 Å². The van der Waals surface area contributed by atoms with E-state index in [1.54, 1.807) is 48.2 Å². The maximum atomic E-state index is 13.2. The zero-order chi connectivity index (χ0) is 22.0. The highest BCUT2D eigenvalue weighted by Gasteiger charge is 2.28. The highest BCUT2D eigenvalue weighted by atomic mass is 32.1. The minimum absolute atomic E-state index is 0.0183. The molecule has 164 valence electrons. The normalized spacial score (nSPS) is 13.3. The van der Waals surface area contributed by atoms with Gasteiger partial charge in [-0.3, -0.25) is 14.2 Å². The number of thiophene rings is 1. The molecule has 1 aliphatic heterocycles. The van der Waals surface area contributed by atoms with Gasteiger partial charge in [0.1, 0.15) is 16.3 Å². The molecule has 0 spiro atoms. The van der Waals surface area contributed by atoms with Crippen LogP contribution >= 0.6 is 11.3 Å². The lowest BCUT2D eigenvalue weighted by Crippen LogP contribution is -2.35. The first-order valence-corrected chi connectivity index (χ1v) is 10.9. The van der Waals surface area contributed by atoms with Gasteiger partial charge in [-0.25, -0.2) is 4.98 Å². The number of hydrogen-bond donors (Lipinski definition) is 0. The van der Waals surface area contributed by atoms with Crippen molar-refractivity contribution in [1.29, 1.82) is 0 Å². The van der Waals surface area contributed by atoms with E-state index in [4.69, 9.17) is 14.2 Å². The summed E-state index contributed by atoms with van der Waals surface area (Å²) in [4.78, 5) is 34.2. The summed E-state index contributed by atoms with van der Waals surface area (Å²) in [6.45, 7) is 2.15. The fourth-order valence-corrected chi connectivity index (χ4v) is 5.07. The first-order chi connectivity index (χ1) is 15.1. The first-order valence-electron chi connectivity index (χ1n) is 10.1. The summed E-state index contributed by atoms with van der Waals surface area (Å²) < 4.78 is 17.3. The number of ether oxygens (including phenoxy) is 3.